The van der Waals surface area contributed by atoms with Gasteiger partial charge in [0.25, 0.3) is 0 Å². The van der Waals surface area contributed by atoms with E-state index >= 15 is 0 Å². The molecule has 2 aromatic rings. The number of likely N-dealkylation sites (tertiary alicyclic amines) is 1. The first-order chi connectivity index (χ1) is 13.2. The van der Waals surface area contributed by atoms with Gasteiger partial charge in [0.05, 0.1) is 12.3 Å². The zero-order valence-corrected chi connectivity index (χ0v) is 16.0. The van der Waals surface area contributed by atoms with Gasteiger partial charge in [0.15, 0.2) is 0 Å². The molecule has 2 saturated heterocycles. The Labute approximate surface area is 160 Å². The van der Waals surface area contributed by atoms with Crippen LogP contribution < -0.4 is 5.32 Å². The van der Waals surface area contributed by atoms with Crippen molar-refractivity contribution in [3.8, 4) is 0 Å². The lowest BCUT2D eigenvalue weighted by Crippen LogP contribution is -2.41. The number of hydrogen-bond acceptors (Lipinski definition) is 4. The molecule has 27 heavy (non-hydrogen) atoms. The lowest BCUT2D eigenvalue weighted by molar-refractivity contribution is 0.0744. The molecule has 2 aliphatic rings. The van der Waals surface area contributed by atoms with Crippen molar-refractivity contribution in [3.05, 3.63) is 48.0 Å². The Kier molecular flexibility index (Phi) is 5.74. The minimum absolute atomic E-state index is 0.181. The smallest absolute Gasteiger partial charge is 0.123 e. The summed E-state index contributed by atoms with van der Waals surface area (Å²) in [6, 6.07) is 7.12. The average molecular weight is 372 g/mol. The van der Waals surface area contributed by atoms with Crippen LogP contribution in [0.25, 0.3) is 0 Å². The Bertz CT molecular complexity index is 724. The molecule has 2 fully saturated rings. The van der Waals surface area contributed by atoms with E-state index in [1.165, 1.54) is 17.7 Å². The lowest BCUT2D eigenvalue weighted by Gasteiger charge is -2.35. The van der Waals surface area contributed by atoms with Crippen molar-refractivity contribution in [2.45, 2.75) is 44.9 Å². The molecule has 0 radical (unpaired) electrons. The van der Waals surface area contributed by atoms with Crippen LogP contribution in [-0.4, -0.2) is 47.0 Å². The van der Waals surface area contributed by atoms with Gasteiger partial charge in [-0.25, -0.2) is 4.39 Å². The lowest BCUT2D eigenvalue weighted by atomic mass is 9.95. The summed E-state index contributed by atoms with van der Waals surface area (Å²) in [4.78, 5) is 2.57. The first-order valence-corrected chi connectivity index (χ1v) is 10.1. The number of rotatable bonds is 6. The van der Waals surface area contributed by atoms with E-state index in [9.17, 15) is 4.39 Å². The predicted molar refractivity (Wildman–Crippen MR) is 104 cm³/mol. The monoisotopic (exact) mass is 372 g/mol. The zero-order valence-electron chi connectivity index (χ0n) is 16.0. The number of piperidine rings is 1. The number of nitrogens with one attached hydrogen (secondary N) is 1. The van der Waals surface area contributed by atoms with Crippen LogP contribution in [0.15, 0.2) is 36.7 Å². The number of anilines is 1. The summed E-state index contributed by atoms with van der Waals surface area (Å²) in [6.07, 6.45) is 7.62. The second kappa shape index (κ2) is 8.40. The fourth-order valence-electron chi connectivity index (χ4n) is 4.26. The maximum absolute atomic E-state index is 13.0. The SMILES string of the molecule is CCn1cc([C@@H]2OCC[C@H]2CN2CCC(Nc3ccc(F)cc3)CC2)cn1. The maximum atomic E-state index is 13.0. The molecule has 5 nitrogen and oxygen atoms in total. The number of hydrogen-bond donors (Lipinski definition) is 1. The van der Waals surface area contributed by atoms with Crippen molar-refractivity contribution in [2.24, 2.45) is 5.92 Å². The van der Waals surface area contributed by atoms with Gasteiger partial charge in [-0.2, -0.15) is 5.10 Å². The molecule has 4 rings (SSSR count). The van der Waals surface area contributed by atoms with E-state index in [4.69, 9.17) is 4.74 Å². The molecule has 2 atom stereocenters. The second-order valence-corrected chi connectivity index (χ2v) is 7.70. The molecule has 6 heteroatoms. The van der Waals surface area contributed by atoms with Crippen molar-refractivity contribution in [1.82, 2.24) is 14.7 Å². The van der Waals surface area contributed by atoms with Gasteiger partial charge in [-0.1, -0.05) is 0 Å². The van der Waals surface area contributed by atoms with E-state index in [0.717, 1.165) is 57.7 Å². The highest BCUT2D eigenvalue weighted by atomic mass is 19.1. The number of nitrogens with zero attached hydrogens (tertiary/aromatic N) is 3. The minimum atomic E-state index is -0.187. The van der Waals surface area contributed by atoms with E-state index in [1.54, 1.807) is 0 Å². The summed E-state index contributed by atoms with van der Waals surface area (Å²) >= 11 is 0. The van der Waals surface area contributed by atoms with Crippen LogP contribution in [0.1, 0.15) is 37.9 Å². The second-order valence-electron chi connectivity index (χ2n) is 7.70. The van der Waals surface area contributed by atoms with Crippen molar-refractivity contribution in [1.29, 1.82) is 0 Å². The van der Waals surface area contributed by atoms with E-state index < -0.39 is 0 Å². The van der Waals surface area contributed by atoms with Crippen LogP contribution in [0.4, 0.5) is 10.1 Å². The van der Waals surface area contributed by atoms with Gasteiger partial charge < -0.3 is 15.0 Å². The number of ether oxygens (including phenoxy) is 1. The number of aromatic nitrogens is 2. The minimum Gasteiger partial charge on any atom is -0.382 e. The topological polar surface area (TPSA) is 42.3 Å². The molecule has 0 saturated carbocycles. The summed E-state index contributed by atoms with van der Waals surface area (Å²) in [5, 5.41) is 7.94. The fourth-order valence-corrected chi connectivity index (χ4v) is 4.26. The first-order valence-electron chi connectivity index (χ1n) is 10.1. The molecular formula is C21H29FN4O. The Hall–Kier alpha value is -1.92. The van der Waals surface area contributed by atoms with Gasteiger partial charge in [-0.3, -0.25) is 4.68 Å². The number of aryl methyl sites for hydroxylation is 1. The highest BCUT2D eigenvalue weighted by Gasteiger charge is 2.33. The van der Waals surface area contributed by atoms with E-state index in [-0.39, 0.29) is 11.9 Å². The Balaban J connectivity index is 1.27. The van der Waals surface area contributed by atoms with Crippen LogP contribution in [0.5, 0.6) is 0 Å². The van der Waals surface area contributed by atoms with Crippen molar-refractivity contribution < 1.29 is 9.13 Å². The van der Waals surface area contributed by atoms with Gasteiger partial charge in [0.1, 0.15) is 5.82 Å². The quantitative estimate of drug-likeness (QED) is 0.840. The van der Waals surface area contributed by atoms with Gasteiger partial charge in [-0.15, -0.1) is 0 Å². The Morgan fingerprint density at radius 1 is 1.19 bits per heavy atom. The third kappa shape index (κ3) is 4.50. The Morgan fingerprint density at radius 3 is 2.67 bits per heavy atom. The molecule has 0 amide bonds. The summed E-state index contributed by atoms with van der Waals surface area (Å²) < 4.78 is 21.0. The first kappa shape index (κ1) is 18.4. The third-order valence-corrected chi connectivity index (χ3v) is 5.82. The van der Waals surface area contributed by atoms with Gasteiger partial charge in [-0.05, 0) is 50.5 Å². The normalized spacial score (nSPS) is 24.4. The van der Waals surface area contributed by atoms with Crippen molar-refractivity contribution >= 4 is 5.69 Å². The molecule has 146 valence electrons. The Morgan fingerprint density at radius 2 is 1.96 bits per heavy atom. The molecule has 2 aliphatic heterocycles. The molecule has 0 aliphatic carbocycles. The zero-order chi connectivity index (χ0) is 18.6. The summed E-state index contributed by atoms with van der Waals surface area (Å²) in [5.74, 6) is 0.356. The van der Waals surface area contributed by atoms with E-state index in [2.05, 4.69) is 28.4 Å². The number of halogens is 1. The van der Waals surface area contributed by atoms with Crippen LogP contribution in [0.2, 0.25) is 0 Å². The molecule has 1 aromatic heterocycles. The molecule has 1 aromatic carbocycles. The van der Waals surface area contributed by atoms with Crippen LogP contribution in [0, 0.1) is 11.7 Å². The predicted octanol–water partition coefficient (Wildman–Crippen LogP) is 3.70. The van der Waals surface area contributed by atoms with Gasteiger partial charge in [0.2, 0.25) is 0 Å². The fraction of sp³-hybridized carbons (Fsp3) is 0.571. The largest absolute Gasteiger partial charge is 0.382 e. The highest BCUT2D eigenvalue weighted by molar-refractivity contribution is 5.43. The maximum Gasteiger partial charge on any atom is 0.123 e. The number of benzene rings is 1. The van der Waals surface area contributed by atoms with Crippen molar-refractivity contribution in [2.75, 3.05) is 31.6 Å². The van der Waals surface area contributed by atoms with E-state index in [1.807, 2.05) is 23.0 Å². The van der Waals surface area contributed by atoms with Crippen LogP contribution in [-0.2, 0) is 11.3 Å². The third-order valence-electron chi connectivity index (χ3n) is 5.82. The average Bonchev–Trinajstić information content (AvgIpc) is 3.34. The summed E-state index contributed by atoms with van der Waals surface area (Å²) in [5.41, 5.74) is 2.22. The summed E-state index contributed by atoms with van der Waals surface area (Å²) in [7, 11) is 0. The van der Waals surface area contributed by atoms with Crippen LogP contribution in [0.3, 0.4) is 0 Å². The van der Waals surface area contributed by atoms with Crippen LogP contribution >= 0.6 is 0 Å². The van der Waals surface area contributed by atoms with Gasteiger partial charge >= 0.3 is 0 Å². The molecule has 0 bridgehead atoms. The molecule has 0 spiro atoms. The molecular weight excluding hydrogens is 343 g/mol. The highest BCUT2D eigenvalue weighted by Crippen LogP contribution is 2.35. The summed E-state index contributed by atoms with van der Waals surface area (Å²) in [6.45, 7) is 7.12. The molecule has 1 N–H and O–H groups in total. The molecule has 3 heterocycles. The van der Waals surface area contributed by atoms with Crippen molar-refractivity contribution in [3.63, 3.8) is 0 Å². The van der Waals surface area contributed by atoms with E-state index in [0.29, 0.717) is 12.0 Å². The van der Waals surface area contributed by atoms with Gasteiger partial charge in [0, 0.05) is 62.2 Å². The standard InChI is InChI=1S/C21H29FN4O/c1-2-26-15-17(13-23-26)21-16(9-12-27-21)14-25-10-7-20(8-11-25)24-19-5-3-18(22)4-6-19/h3-6,13,15-16,20-21,24H,2,7-12,14H2,1H3/t16-,21+/m0/s1. The molecule has 0 unspecified atom stereocenters.